The Morgan fingerprint density at radius 1 is 1.24 bits per heavy atom. The first kappa shape index (κ1) is 13.1. The number of nitrogens with zero attached hydrogens (tertiary/aromatic N) is 1. The van der Waals surface area contributed by atoms with Crippen LogP contribution in [-0.4, -0.2) is 15.7 Å². The van der Waals surface area contributed by atoms with Gasteiger partial charge in [0.1, 0.15) is 10.7 Å². The molecule has 0 saturated heterocycles. The van der Waals surface area contributed by atoms with Crippen molar-refractivity contribution in [2.24, 2.45) is 0 Å². The monoisotopic (exact) mass is 314 g/mol. The lowest BCUT2D eigenvalue weighted by Crippen LogP contribution is -2.13. The van der Waals surface area contributed by atoms with Crippen LogP contribution in [0, 0.1) is 0 Å². The zero-order chi connectivity index (χ0) is 14.2. The number of hydrogen-bond donors (Lipinski definition) is 1. The Bertz CT molecular complexity index is 852. The lowest BCUT2D eigenvalue weighted by atomic mass is 10.1. The molecule has 1 aromatic carbocycles. The van der Waals surface area contributed by atoms with Crippen LogP contribution in [0.2, 0.25) is 0 Å². The smallest absolute Gasteiger partial charge is 0.259 e. The van der Waals surface area contributed by atoms with Gasteiger partial charge in [-0.25, -0.2) is 4.98 Å². The number of H-pyrrole nitrogens is 1. The molecule has 3 nitrogen and oxygen atoms in total. The molecule has 2 aromatic heterocycles. The average molecular weight is 314 g/mol. The molecule has 0 unspecified atom stereocenters. The number of benzene rings is 1. The summed E-state index contributed by atoms with van der Waals surface area (Å²) in [7, 11) is 0. The van der Waals surface area contributed by atoms with Gasteiger partial charge in [-0.2, -0.15) is 0 Å². The van der Waals surface area contributed by atoms with E-state index in [1.807, 2.05) is 30.0 Å². The first-order valence-electron chi connectivity index (χ1n) is 7.02. The molecule has 5 heteroatoms. The molecule has 0 saturated carbocycles. The van der Waals surface area contributed by atoms with Gasteiger partial charge >= 0.3 is 0 Å². The molecule has 1 aliphatic heterocycles. The highest BCUT2D eigenvalue weighted by atomic mass is 32.2. The fourth-order valence-electron chi connectivity index (χ4n) is 2.72. The fourth-order valence-corrected chi connectivity index (χ4v) is 5.27. The van der Waals surface area contributed by atoms with Crippen molar-refractivity contribution >= 4 is 33.3 Å². The highest BCUT2D eigenvalue weighted by Gasteiger charge is 2.20. The first-order valence-corrected chi connectivity index (χ1v) is 8.83. The number of aryl methyl sites for hydroxylation is 1. The summed E-state index contributed by atoms with van der Waals surface area (Å²) in [4.78, 5) is 21.0. The van der Waals surface area contributed by atoms with E-state index in [9.17, 15) is 4.79 Å². The maximum absolute atomic E-state index is 12.4. The lowest BCUT2D eigenvalue weighted by Gasteiger charge is -2.09. The van der Waals surface area contributed by atoms with E-state index in [2.05, 4.69) is 22.1 Å². The molecule has 4 rings (SSSR count). The van der Waals surface area contributed by atoms with Gasteiger partial charge in [0.15, 0.2) is 0 Å². The molecule has 0 amide bonds. The lowest BCUT2D eigenvalue weighted by molar-refractivity contribution is 0.907. The van der Waals surface area contributed by atoms with E-state index >= 15 is 0 Å². The third-order valence-corrected chi connectivity index (χ3v) is 6.22. The van der Waals surface area contributed by atoms with E-state index < -0.39 is 0 Å². The highest BCUT2D eigenvalue weighted by Crippen LogP contribution is 2.39. The quantitative estimate of drug-likeness (QED) is 0.786. The van der Waals surface area contributed by atoms with Crippen LogP contribution in [0.3, 0.4) is 0 Å². The first-order chi connectivity index (χ1) is 10.3. The van der Waals surface area contributed by atoms with Crippen molar-refractivity contribution in [3.63, 3.8) is 0 Å². The molecular weight excluding hydrogens is 300 g/mol. The number of nitrogens with one attached hydrogen (secondary N) is 1. The Hall–Kier alpha value is -1.59. The Balaban J connectivity index is 1.81. The molecular formula is C16H14N2OS2. The molecule has 3 aromatic rings. The maximum atomic E-state index is 12.4. The van der Waals surface area contributed by atoms with Crippen molar-refractivity contribution in [2.75, 3.05) is 5.75 Å². The molecule has 0 bridgehead atoms. The summed E-state index contributed by atoms with van der Waals surface area (Å²) >= 11 is 3.53. The van der Waals surface area contributed by atoms with Gasteiger partial charge in [0, 0.05) is 6.42 Å². The van der Waals surface area contributed by atoms with Crippen LogP contribution >= 0.6 is 23.1 Å². The van der Waals surface area contributed by atoms with Crippen LogP contribution in [-0.2, 0) is 12.8 Å². The Labute approximate surface area is 130 Å². The number of aromatic amines is 1. The Kier molecular flexibility index (Phi) is 3.31. The summed E-state index contributed by atoms with van der Waals surface area (Å²) in [6.07, 6.45) is 2.82. The van der Waals surface area contributed by atoms with Crippen LogP contribution < -0.4 is 5.56 Å². The number of fused-ring (bicyclic) bond motifs is 3. The van der Waals surface area contributed by atoms with E-state index in [1.54, 1.807) is 11.3 Å². The van der Waals surface area contributed by atoms with Gasteiger partial charge in [-0.3, -0.25) is 4.79 Å². The minimum atomic E-state index is 0.0194. The summed E-state index contributed by atoms with van der Waals surface area (Å²) in [6.45, 7) is 0. The minimum absolute atomic E-state index is 0.0194. The molecule has 0 radical (unpaired) electrons. The van der Waals surface area contributed by atoms with Gasteiger partial charge in [-0.15, -0.1) is 23.1 Å². The van der Waals surface area contributed by atoms with Crippen LogP contribution in [0.5, 0.6) is 0 Å². The van der Waals surface area contributed by atoms with Gasteiger partial charge < -0.3 is 4.98 Å². The van der Waals surface area contributed by atoms with Gasteiger partial charge in [0.2, 0.25) is 0 Å². The largest absolute Gasteiger partial charge is 0.310 e. The normalized spacial score (nSPS) is 14.3. The van der Waals surface area contributed by atoms with E-state index in [-0.39, 0.29) is 5.56 Å². The molecule has 106 valence electrons. The van der Waals surface area contributed by atoms with E-state index in [1.165, 1.54) is 9.77 Å². The number of rotatable bonds is 2. The van der Waals surface area contributed by atoms with Crippen LogP contribution in [0.15, 0.2) is 39.3 Å². The van der Waals surface area contributed by atoms with Crippen molar-refractivity contribution in [2.45, 2.75) is 23.5 Å². The summed E-state index contributed by atoms with van der Waals surface area (Å²) in [5, 5.41) is 0.819. The zero-order valence-corrected chi connectivity index (χ0v) is 13.0. The topological polar surface area (TPSA) is 45.8 Å². The molecule has 0 spiro atoms. The SMILES string of the molecule is O=c1[nH]c(Cc2ccccc2)nc2sc3c(c12)CCCS3. The second kappa shape index (κ2) is 5.31. The molecule has 0 aliphatic carbocycles. The molecule has 0 fully saturated rings. The van der Waals surface area contributed by atoms with Crippen molar-refractivity contribution in [3.05, 3.63) is 57.6 Å². The summed E-state index contributed by atoms with van der Waals surface area (Å²) in [5.41, 5.74) is 2.40. The van der Waals surface area contributed by atoms with Crippen molar-refractivity contribution in [3.8, 4) is 0 Å². The third kappa shape index (κ3) is 2.40. The highest BCUT2D eigenvalue weighted by molar-refractivity contribution is 8.01. The summed E-state index contributed by atoms with van der Waals surface area (Å²) in [6, 6.07) is 10.1. The van der Waals surface area contributed by atoms with Crippen LogP contribution in [0.4, 0.5) is 0 Å². The van der Waals surface area contributed by atoms with Crippen molar-refractivity contribution < 1.29 is 0 Å². The number of hydrogen-bond acceptors (Lipinski definition) is 4. The third-order valence-electron chi connectivity index (χ3n) is 3.69. The second-order valence-electron chi connectivity index (χ2n) is 5.18. The number of aromatic nitrogens is 2. The van der Waals surface area contributed by atoms with Crippen LogP contribution in [0.1, 0.15) is 23.4 Å². The number of thioether (sulfide) groups is 1. The predicted molar refractivity (Wildman–Crippen MR) is 88.5 cm³/mol. The second-order valence-corrected chi connectivity index (χ2v) is 7.54. The summed E-state index contributed by atoms with van der Waals surface area (Å²) < 4.78 is 1.28. The van der Waals surface area contributed by atoms with E-state index in [0.29, 0.717) is 6.42 Å². The van der Waals surface area contributed by atoms with Gasteiger partial charge in [0.05, 0.1) is 9.60 Å². The Morgan fingerprint density at radius 2 is 2.10 bits per heavy atom. The average Bonchev–Trinajstić information content (AvgIpc) is 2.87. The van der Waals surface area contributed by atoms with Gasteiger partial charge in [0.25, 0.3) is 5.56 Å². The van der Waals surface area contributed by atoms with Crippen molar-refractivity contribution in [1.82, 2.24) is 9.97 Å². The van der Waals surface area contributed by atoms with E-state index in [0.717, 1.165) is 40.2 Å². The molecule has 0 atom stereocenters. The minimum Gasteiger partial charge on any atom is -0.310 e. The van der Waals surface area contributed by atoms with E-state index in [4.69, 9.17) is 0 Å². The van der Waals surface area contributed by atoms with Gasteiger partial charge in [-0.05, 0) is 29.7 Å². The number of thiophene rings is 1. The van der Waals surface area contributed by atoms with Crippen molar-refractivity contribution in [1.29, 1.82) is 0 Å². The maximum Gasteiger partial charge on any atom is 0.259 e. The standard InChI is InChI=1S/C16H14N2OS2/c19-14-13-11-7-4-8-20-16(11)21-15(13)18-12(17-14)9-10-5-2-1-3-6-10/h1-3,5-6H,4,7-9H2,(H,17,18,19). The van der Waals surface area contributed by atoms with Gasteiger partial charge in [-0.1, -0.05) is 30.3 Å². The zero-order valence-electron chi connectivity index (χ0n) is 11.4. The molecule has 1 aliphatic rings. The molecule has 3 heterocycles. The Morgan fingerprint density at radius 3 is 2.95 bits per heavy atom. The van der Waals surface area contributed by atoms with Crippen LogP contribution in [0.25, 0.3) is 10.2 Å². The predicted octanol–water partition coefficient (Wildman–Crippen LogP) is 3.61. The fraction of sp³-hybridized carbons (Fsp3) is 0.250. The molecule has 1 N–H and O–H groups in total. The molecule has 21 heavy (non-hydrogen) atoms. The summed E-state index contributed by atoms with van der Waals surface area (Å²) in [5.74, 6) is 1.90.